The summed E-state index contributed by atoms with van der Waals surface area (Å²) in [6.07, 6.45) is -3.30. The molecule has 12 heteroatoms. The molecule has 0 saturated heterocycles. The van der Waals surface area contributed by atoms with E-state index in [-0.39, 0.29) is 26.4 Å². The second kappa shape index (κ2) is 13.1. The Kier molecular flexibility index (Phi) is 12.5. The molecule has 0 radical (unpaired) electrons. The van der Waals surface area contributed by atoms with Gasteiger partial charge in [-0.15, -0.1) is 0 Å². The summed E-state index contributed by atoms with van der Waals surface area (Å²) in [5.41, 5.74) is 0. The topological polar surface area (TPSA) is 141 Å². The predicted octanol–water partition coefficient (Wildman–Crippen LogP) is 1.61. The Morgan fingerprint density at radius 1 is 0.700 bits per heavy atom. The van der Waals surface area contributed by atoms with E-state index in [0.29, 0.717) is 0 Å². The fourth-order valence-electron chi connectivity index (χ4n) is 2.21. The first-order valence-corrected chi connectivity index (χ1v) is 12.9. The molecule has 0 aliphatic heterocycles. The second-order valence-corrected chi connectivity index (χ2v) is 10.8. The third kappa shape index (κ3) is 11.7. The number of hydrogen-bond acceptors (Lipinski definition) is 11. The summed E-state index contributed by atoms with van der Waals surface area (Å²) in [4.78, 5) is 48.0. The van der Waals surface area contributed by atoms with Gasteiger partial charge in [0, 0.05) is 0 Å². The number of carbonyl (C=O) groups is 4. The van der Waals surface area contributed by atoms with Gasteiger partial charge in [0.2, 0.25) is 0 Å². The minimum absolute atomic E-state index is 0.256. The SMILES string of the molecule is CCOCC(=O)CC(=O)[O][Ti](=[O])([O]C(=O)CC(=O)COCC)([O]C(C)C)[O]C(C)C. The average molecular weight is 472 g/mol. The van der Waals surface area contributed by atoms with Crippen LogP contribution in [0.2, 0.25) is 0 Å². The zero-order valence-corrected chi connectivity index (χ0v) is 19.9. The van der Waals surface area contributed by atoms with Crippen molar-refractivity contribution in [2.24, 2.45) is 0 Å². The number of Topliss-reactive ketones (excluding diaryl/α,β-unsaturated/α-hetero) is 2. The number of carbonyl (C=O) groups excluding carboxylic acids is 4. The molecule has 0 atom stereocenters. The van der Waals surface area contributed by atoms with Crippen LogP contribution >= 0.6 is 0 Å². The molecule has 0 bridgehead atoms. The molecule has 30 heavy (non-hydrogen) atoms. The third-order valence-corrected chi connectivity index (χ3v) is 7.46. The standard InChI is InChI=1S/2C6H10O4.2C3H7O.O.Ti/c2*1-2-10-4-5(7)3-6(8)9;2*1-3(2)4;;/h2*2-4H2,1H3,(H,8,9);2*3H,1-2H3;;/q;;2*-1;;+4/p-2. The molecule has 174 valence electrons. The molecular formula is C18H32O11Ti. The predicted molar refractivity (Wildman–Crippen MR) is 97.5 cm³/mol. The Morgan fingerprint density at radius 2 is 1.03 bits per heavy atom. The normalized spacial score (nSPS) is 12.2. The Balaban J connectivity index is 5.64. The summed E-state index contributed by atoms with van der Waals surface area (Å²) in [7, 11) is 0. The molecule has 0 aromatic heterocycles. The maximum atomic E-state index is 13.7. The molecule has 0 aliphatic carbocycles. The number of rotatable bonds is 16. The van der Waals surface area contributed by atoms with E-state index >= 15 is 0 Å². The zero-order chi connectivity index (χ0) is 23.4. The molecule has 0 aromatic carbocycles. The van der Waals surface area contributed by atoms with E-state index < -0.39 is 65.4 Å². The van der Waals surface area contributed by atoms with Crippen LogP contribution in [0.15, 0.2) is 0 Å². The van der Waals surface area contributed by atoms with Crippen LogP contribution in [0.5, 0.6) is 0 Å². The molecule has 0 aliphatic rings. The average Bonchev–Trinajstić information content (AvgIpc) is 2.55. The van der Waals surface area contributed by atoms with Gasteiger partial charge < -0.3 is 0 Å². The van der Waals surface area contributed by atoms with Crippen molar-refractivity contribution in [2.75, 3.05) is 26.4 Å². The molecule has 0 heterocycles. The van der Waals surface area contributed by atoms with E-state index in [1.165, 1.54) is 27.7 Å². The Hall–Kier alpha value is -1.37. The quantitative estimate of drug-likeness (QED) is 0.239. The van der Waals surface area contributed by atoms with E-state index in [1.54, 1.807) is 13.8 Å². The van der Waals surface area contributed by atoms with Gasteiger partial charge in [-0.3, -0.25) is 0 Å². The van der Waals surface area contributed by atoms with Gasteiger partial charge in [0.15, 0.2) is 0 Å². The molecule has 0 N–H and O–H groups in total. The van der Waals surface area contributed by atoms with E-state index in [2.05, 4.69) is 0 Å². The van der Waals surface area contributed by atoms with Crippen LogP contribution in [-0.2, 0) is 62.1 Å². The summed E-state index contributed by atoms with van der Waals surface area (Å²) in [6.45, 7) is 8.94. The second-order valence-electron chi connectivity index (χ2n) is 6.82. The van der Waals surface area contributed by atoms with Gasteiger partial charge in [0.25, 0.3) is 0 Å². The summed E-state index contributed by atoms with van der Waals surface area (Å²) in [5, 5.41) is 0. The molecule has 0 spiro atoms. The van der Waals surface area contributed by atoms with Crippen LogP contribution in [-0.4, -0.2) is 62.1 Å². The van der Waals surface area contributed by atoms with Crippen LogP contribution in [0.25, 0.3) is 0 Å². The summed E-state index contributed by atoms with van der Waals surface area (Å²) < 4.78 is 43.8. The van der Waals surface area contributed by atoms with Crippen molar-refractivity contribution in [1.29, 1.82) is 0 Å². The van der Waals surface area contributed by atoms with Crippen LogP contribution in [0.3, 0.4) is 0 Å². The van der Waals surface area contributed by atoms with Gasteiger partial charge in [0.05, 0.1) is 0 Å². The monoisotopic (exact) mass is 472 g/mol. The number of hydrogen-bond donors (Lipinski definition) is 0. The molecule has 0 aromatic rings. The van der Waals surface area contributed by atoms with Crippen molar-refractivity contribution in [3.05, 3.63) is 0 Å². The van der Waals surface area contributed by atoms with Crippen molar-refractivity contribution < 1.29 is 62.1 Å². The molecule has 0 saturated carbocycles. The fraction of sp³-hybridized carbons (Fsp3) is 0.778. The third-order valence-electron chi connectivity index (χ3n) is 3.03. The van der Waals surface area contributed by atoms with Crippen LogP contribution < -0.4 is 0 Å². The Morgan fingerprint density at radius 3 is 1.30 bits per heavy atom. The Bertz CT molecular complexity index is 613. The van der Waals surface area contributed by atoms with Crippen LogP contribution in [0.4, 0.5) is 0 Å². The molecule has 0 rings (SSSR count). The van der Waals surface area contributed by atoms with Gasteiger partial charge in [-0.25, -0.2) is 0 Å². The van der Waals surface area contributed by atoms with Gasteiger partial charge in [0.1, 0.15) is 0 Å². The van der Waals surface area contributed by atoms with Crippen molar-refractivity contribution in [3.63, 3.8) is 0 Å². The van der Waals surface area contributed by atoms with E-state index in [4.69, 9.17) is 22.7 Å². The first kappa shape index (κ1) is 28.6. The molecular weight excluding hydrogens is 440 g/mol. The zero-order valence-electron chi connectivity index (χ0n) is 18.4. The molecule has 0 unspecified atom stereocenters. The van der Waals surface area contributed by atoms with Gasteiger partial charge in [-0.1, -0.05) is 0 Å². The molecule has 0 fully saturated rings. The Labute approximate surface area is 178 Å². The van der Waals surface area contributed by atoms with E-state index in [1.807, 2.05) is 0 Å². The first-order chi connectivity index (χ1) is 13.8. The van der Waals surface area contributed by atoms with Gasteiger partial charge in [-0.05, 0) is 0 Å². The summed E-state index contributed by atoms with van der Waals surface area (Å²) >= 11 is -6.93. The molecule has 0 amide bonds. The van der Waals surface area contributed by atoms with Crippen molar-refractivity contribution in [2.45, 2.75) is 66.6 Å². The maximum absolute atomic E-state index is 13.7. The van der Waals surface area contributed by atoms with Gasteiger partial charge in [-0.2, -0.15) is 0 Å². The van der Waals surface area contributed by atoms with E-state index in [9.17, 15) is 22.5 Å². The van der Waals surface area contributed by atoms with E-state index in [0.717, 1.165) is 0 Å². The van der Waals surface area contributed by atoms with Crippen molar-refractivity contribution in [1.82, 2.24) is 0 Å². The fourth-order valence-corrected chi connectivity index (χ4v) is 6.46. The summed E-state index contributed by atoms with van der Waals surface area (Å²) in [6, 6.07) is 0. The first-order valence-electron chi connectivity index (χ1n) is 9.72. The van der Waals surface area contributed by atoms with Gasteiger partial charge >= 0.3 is 179 Å². The summed E-state index contributed by atoms with van der Waals surface area (Å²) in [5.74, 6) is -3.84. The van der Waals surface area contributed by atoms with Crippen molar-refractivity contribution >= 4 is 23.5 Å². The molecule has 11 nitrogen and oxygen atoms in total. The number of ether oxygens (including phenoxy) is 2. The van der Waals surface area contributed by atoms with Crippen LogP contribution in [0, 0.1) is 0 Å². The van der Waals surface area contributed by atoms with Crippen LogP contribution in [0.1, 0.15) is 54.4 Å². The van der Waals surface area contributed by atoms with Crippen molar-refractivity contribution in [3.8, 4) is 0 Å². The number of ketones is 2. The minimum atomic E-state index is -6.93.